The van der Waals surface area contributed by atoms with Crippen LogP contribution in [0.3, 0.4) is 0 Å². The first kappa shape index (κ1) is 15.9. The molecule has 0 aliphatic carbocycles. The highest BCUT2D eigenvalue weighted by molar-refractivity contribution is 4.77. The minimum atomic E-state index is 0.434. The molecule has 0 radical (unpaired) electrons. The maximum absolute atomic E-state index is 5.70. The molecule has 0 spiro atoms. The minimum Gasteiger partial charge on any atom is -0.377 e. The molecule has 1 saturated heterocycles. The third-order valence-electron chi connectivity index (χ3n) is 4.02. The zero-order valence-electron chi connectivity index (χ0n) is 12.9. The molecule has 0 amide bonds. The number of hydrogen-bond acceptors (Lipinski definition) is 3. The molecule has 1 fully saturated rings. The second-order valence-electron chi connectivity index (χ2n) is 6.25. The first-order chi connectivity index (χ1) is 8.50. The summed E-state index contributed by atoms with van der Waals surface area (Å²) in [6, 6.07) is 1.16. The Balaban J connectivity index is 2.12. The lowest BCUT2D eigenvalue weighted by atomic mass is 10.0. The zero-order chi connectivity index (χ0) is 13.5. The van der Waals surface area contributed by atoms with Crippen LogP contribution in [0, 0.1) is 5.92 Å². The molecule has 1 heterocycles. The van der Waals surface area contributed by atoms with Crippen LogP contribution in [-0.4, -0.2) is 49.8 Å². The lowest BCUT2D eigenvalue weighted by Gasteiger charge is -2.27. The van der Waals surface area contributed by atoms with E-state index in [-0.39, 0.29) is 0 Å². The zero-order valence-corrected chi connectivity index (χ0v) is 12.9. The van der Waals surface area contributed by atoms with E-state index in [0.717, 1.165) is 25.6 Å². The third kappa shape index (κ3) is 5.68. The van der Waals surface area contributed by atoms with Gasteiger partial charge in [-0.05, 0) is 46.1 Å². The quantitative estimate of drug-likeness (QED) is 0.722. The van der Waals surface area contributed by atoms with Crippen LogP contribution in [-0.2, 0) is 4.74 Å². The molecule has 1 rings (SSSR count). The van der Waals surface area contributed by atoms with E-state index in [1.165, 1.54) is 19.3 Å². The van der Waals surface area contributed by atoms with Crippen LogP contribution in [0.1, 0.15) is 47.0 Å². The highest BCUT2D eigenvalue weighted by atomic mass is 16.5. The Bertz CT molecular complexity index is 215. The summed E-state index contributed by atoms with van der Waals surface area (Å²) in [5, 5.41) is 3.60. The molecule has 1 aliphatic rings. The van der Waals surface area contributed by atoms with Crippen LogP contribution in [0.15, 0.2) is 0 Å². The van der Waals surface area contributed by atoms with Crippen LogP contribution in [0.2, 0.25) is 0 Å². The largest absolute Gasteiger partial charge is 0.377 e. The van der Waals surface area contributed by atoms with Gasteiger partial charge in [0, 0.05) is 31.8 Å². The molecule has 0 saturated carbocycles. The summed E-state index contributed by atoms with van der Waals surface area (Å²) in [4.78, 5) is 2.45. The van der Waals surface area contributed by atoms with Crippen molar-refractivity contribution in [3.8, 4) is 0 Å². The van der Waals surface area contributed by atoms with Crippen molar-refractivity contribution < 1.29 is 4.74 Å². The van der Waals surface area contributed by atoms with Crippen LogP contribution < -0.4 is 5.32 Å². The van der Waals surface area contributed by atoms with Crippen LogP contribution in [0.25, 0.3) is 0 Å². The Kier molecular flexibility index (Phi) is 7.20. The molecule has 3 heteroatoms. The van der Waals surface area contributed by atoms with Crippen molar-refractivity contribution in [3.05, 3.63) is 0 Å². The summed E-state index contributed by atoms with van der Waals surface area (Å²) < 4.78 is 5.70. The maximum atomic E-state index is 5.70. The molecule has 0 bridgehead atoms. The summed E-state index contributed by atoms with van der Waals surface area (Å²) in [6.07, 6.45) is 4.15. The first-order valence-corrected chi connectivity index (χ1v) is 7.56. The van der Waals surface area contributed by atoms with E-state index in [1.54, 1.807) is 0 Å². The minimum absolute atomic E-state index is 0.434. The summed E-state index contributed by atoms with van der Waals surface area (Å²) in [7, 11) is 2.23. The average Bonchev–Trinajstić information content (AvgIpc) is 2.81. The Labute approximate surface area is 113 Å². The van der Waals surface area contributed by atoms with E-state index in [1.807, 2.05) is 0 Å². The van der Waals surface area contributed by atoms with E-state index in [2.05, 4.69) is 45.0 Å². The molecule has 1 aliphatic heterocycles. The van der Waals surface area contributed by atoms with Crippen molar-refractivity contribution in [2.45, 2.75) is 65.1 Å². The number of ether oxygens (including phenoxy) is 1. The van der Waals surface area contributed by atoms with Gasteiger partial charge in [0.05, 0.1) is 6.10 Å². The molecule has 0 aromatic rings. The van der Waals surface area contributed by atoms with Gasteiger partial charge in [-0.1, -0.05) is 13.8 Å². The van der Waals surface area contributed by atoms with E-state index in [4.69, 9.17) is 4.74 Å². The lowest BCUT2D eigenvalue weighted by molar-refractivity contribution is 0.0823. The van der Waals surface area contributed by atoms with Gasteiger partial charge >= 0.3 is 0 Å². The number of hydrogen-bond donors (Lipinski definition) is 1. The normalized spacial score (nSPS) is 23.8. The van der Waals surface area contributed by atoms with Crippen LogP contribution in [0.5, 0.6) is 0 Å². The van der Waals surface area contributed by atoms with Gasteiger partial charge in [0.1, 0.15) is 0 Å². The predicted octanol–water partition coefficient (Wildman–Crippen LogP) is 2.51. The van der Waals surface area contributed by atoms with Gasteiger partial charge in [-0.2, -0.15) is 0 Å². The summed E-state index contributed by atoms with van der Waals surface area (Å²) in [5.74, 6) is 0.779. The second-order valence-corrected chi connectivity index (χ2v) is 6.25. The molecule has 1 N–H and O–H groups in total. The lowest BCUT2D eigenvalue weighted by Crippen LogP contribution is -2.42. The highest BCUT2D eigenvalue weighted by Gasteiger charge is 2.21. The highest BCUT2D eigenvalue weighted by Crippen LogP contribution is 2.15. The van der Waals surface area contributed by atoms with Gasteiger partial charge in [-0.15, -0.1) is 0 Å². The molecular formula is C15H32N2O. The van der Waals surface area contributed by atoms with Gasteiger partial charge < -0.3 is 15.0 Å². The fraction of sp³-hybridized carbons (Fsp3) is 1.00. The number of rotatable bonds is 8. The molecule has 18 heavy (non-hydrogen) atoms. The van der Waals surface area contributed by atoms with E-state index < -0.39 is 0 Å². The Hall–Kier alpha value is -0.120. The number of nitrogens with one attached hydrogen (secondary N) is 1. The van der Waals surface area contributed by atoms with Gasteiger partial charge in [0.25, 0.3) is 0 Å². The second kappa shape index (κ2) is 8.13. The fourth-order valence-electron chi connectivity index (χ4n) is 2.68. The molecule has 3 nitrogen and oxygen atoms in total. The first-order valence-electron chi connectivity index (χ1n) is 7.56. The fourth-order valence-corrected chi connectivity index (χ4v) is 2.68. The summed E-state index contributed by atoms with van der Waals surface area (Å²) in [6.45, 7) is 12.3. The van der Waals surface area contributed by atoms with Crippen molar-refractivity contribution in [1.82, 2.24) is 10.2 Å². The van der Waals surface area contributed by atoms with Crippen LogP contribution in [0.4, 0.5) is 0 Å². The number of nitrogens with zero attached hydrogens (tertiary/aromatic N) is 1. The standard InChI is InChI=1S/C15H32N2O/c1-12(2)11-13(3)17(5)9-8-16-14(4)15-7-6-10-18-15/h12-16H,6-11H2,1-5H3. The van der Waals surface area contributed by atoms with E-state index >= 15 is 0 Å². The summed E-state index contributed by atoms with van der Waals surface area (Å²) >= 11 is 0. The Morgan fingerprint density at radius 2 is 2.00 bits per heavy atom. The Morgan fingerprint density at radius 1 is 1.28 bits per heavy atom. The average molecular weight is 256 g/mol. The summed E-state index contributed by atoms with van der Waals surface area (Å²) in [5.41, 5.74) is 0. The van der Waals surface area contributed by atoms with Crippen molar-refractivity contribution in [3.63, 3.8) is 0 Å². The smallest absolute Gasteiger partial charge is 0.0726 e. The van der Waals surface area contributed by atoms with Gasteiger partial charge in [0.2, 0.25) is 0 Å². The number of likely N-dealkylation sites (N-methyl/N-ethyl adjacent to an activating group) is 1. The van der Waals surface area contributed by atoms with E-state index in [9.17, 15) is 0 Å². The molecule has 108 valence electrons. The van der Waals surface area contributed by atoms with Crippen LogP contribution >= 0.6 is 0 Å². The SMILES string of the molecule is CC(C)CC(C)N(C)CCNC(C)C1CCCO1. The van der Waals surface area contributed by atoms with Gasteiger partial charge in [-0.25, -0.2) is 0 Å². The maximum Gasteiger partial charge on any atom is 0.0726 e. The third-order valence-corrected chi connectivity index (χ3v) is 4.02. The molecule has 0 aromatic heterocycles. The topological polar surface area (TPSA) is 24.5 Å². The van der Waals surface area contributed by atoms with E-state index in [0.29, 0.717) is 18.2 Å². The molecular weight excluding hydrogens is 224 g/mol. The predicted molar refractivity (Wildman–Crippen MR) is 78.0 cm³/mol. The molecule has 0 aromatic carbocycles. The van der Waals surface area contributed by atoms with Crippen molar-refractivity contribution >= 4 is 0 Å². The van der Waals surface area contributed by atoms with Gasteiger partial charge in [-0.3, -0.25) is 0 Å². The van der Waals surface area contributed by atoms with Crippen molar-refractivity contribution in [2.24, 2.45) is 5.92 Å². The van der Waals surface area contributed by atoms with Crippen molar-refractivity contribution in [1.29, 1.82) is 0 Å². The molecule has 3 unspecified atom stereocenters. The van der Waals surface area contributed by atoms with Crippen molar-refractivity contribution in [2.75, 3.05) is 26.7 Å². The monoisotopic (exact) mass is 256 g/mol. The molecule has 3 atom stereocenters. The van der Waals surface area contributed by atoms with Gasteiger partial charge in [0.15, 0.2) is 0 Å². The Morgan fingerprint density at radius 3 is 2.56 bits per heavy atom.